The predicted octanol–water partition coefficient (Wildman–Crippen LogP) is 0.337. The van der Waals surface area contributed by atoms with Crippen molar-refractivity contribution in [1.82, 2.24) is 15.1 Å². The lowest BCUT2D eigenvalue weighted by Crippen LogP contribution is -2.45. The first-order valence-electron chi connectivity index (χ1n) is 7.45. The summed E-state index contributed by atoms with van der Waals surface area (Å²) in [7, 11) is 2.12. The van der Waals surface area contributed by atoms with Crippen LogP contribution in [0.3, 0.4) is 0 Å². The second-order valence-corrected chi connectivity index (χ2v) is 6.47. The molecular formula is C14H27N3O3S. The van der Waals surface area contributed by atoms with Crippen molar-refractivity contribution in [1.29, 1.82) is 0 Å². The number of amides is 1. The Balaban J connectivity index is 2.18. The van der Waals surface area contributed by atoms with Gasteiger partial charge in [-0.3, -0.25) is 4.79 Å². The van der Waals surface area contributed by atoms with Crippen LogP contribution in [0.2, 0.25) is 0 Å². The van der Waals surface area contributed by atoms with E-state index in [1.165, 1.54) is 0 Å². The van der Waals surface area contributed by atoms with Gasteiger partial charge in [-0.15, -0.1) is 0 Å². The Morgan fingerprint density at radius 1 is 1.29 bits per heavy atom. The molecule has 122 valence electrons. The van der Waals surface area contributed by atoms with E-state index in [-0.39, 0.29) is 5.91 Å². The third-order valence-corrected chi connectivity index (χ3v) is 4.36. The normalized spacial score (nSPS) is 18.4. The maximum absolute atomic E-state index is 11.8. The van der Waals surface area contributed by atoms with Gasteiger partial charge in [-0.2, -0.15) is 11.8 Å². The number of carbonyl (C=O) groups excluding carboxylic acids is 1. The number of hydrogen-bond acceptors (Lipinski definition) is 5. The van der Waals surface area contributed by atoms with Crippen LogP contribution in [0.1, 0.15) is 19.3 Å². The molecule has 21 heavy (non-hydrogen) atoms. The molecule has 0 aromatic rings. The summed E-state index contributed by atoms with van der Waals surface area (Å²) in [4.78, 5) is 27.5. The summed E-state index contributed by atoms with van der Waals surface area (Å²) in [6.45, 7) is 5.14. The first-order valence-corrected chi connectivity index (χ1v) is 8.84. The molecule has 0 aromatic heterocycles. The van der Waals surface area contributed by atoms with Crippen LogP contribution in [0.15, 0.2) is 0 Å². The Morgan fingerprint density at radius 3 is 2.52 bits per heavy atom. The Morgan fingerprint density at radius 2 is 1.95 bits per heavy atom. The zero-order valence-electron chi connectivity index (χ0n) is 13.0. The lowest BCUT2D eigenvalue weighted by atomic mass is 10.2. The first kappa shape index (κ1) is 18.3. The highest BCUT2D eigenvalue weighted by Crippen LogP contribution is 2.04. The van der Waals surface area contributed by atoms with E-state index < -0.39 is 12.0 Å². The molecule has 1 rings (SSSR count). The molecule has 1 aliphatic rings. The lowest BCUT2D eigenvalue weighted by Gasteiger charge is -2.32. The number of thioether (sulfide) groups is 1. The molecule has 1 unspecified atom stereocenters. The Hall–Kier alpha value is -0.790. The highest BCUT2D eigenvalue weighted by molar-refractivity contribution is 7.98. The quantitative estimate of drug-likeness (QED) is 0.639. The van der Waals surface area contributed by atoms with Crippen molar-refractivity contribution in [2.24, 2.45) is 0 Å². The van der Waals surface area contributed by atoms with Crippen LogP contribution >= 0.6 is 11.8 Å². The van der Waals surface area contributed by atoms with E-state index in [2.05, 4.69) is 22.2 Å². The van der Waals surface area contributed by atoms with Crippen molar-refractivity contribution in [2.45, 2.75) is 25.3 Å². The lowest BCUT2D eigenvalue weighted by molar-refractivity contribution is -0.141. The Bertz CT molecular complexity index is 333. The fraction of sp³-hybridized carbons (Fsp3) is 0.857. The highest BCUT2D eigenvalue weighted by atomic mass is 32.2. The molecule has 7 heteroatoms. The monoisotopic (exact) mass is 317 g/mol. The number of hydrogen-bond donors (Lipinski definition) is 2. The minimum Gasteiger partial charge on any atom is -0.480 e. The van der Waals surface area contributed by atoms with E-state index in [1.54, 1.807) is 11.8 Å². The van der Waals surface area contributed by atoms with Crippen LogP contribution in [-0.2, 0) is 9.59 Å². The number of carbonyl (C=O) groups is 2. The summed E-state index contributed by atoms with van der Waals surface area (Å²) in [6.07, 6.45) is 3.58. The number of carboxylic acids is 1. The highest BCUT2D eigenvalue weighted by Gasteiger charge is 2.19. The zero-order chi connectivity index (χ0) is 15.7. The van der Waals surface area contributed by atoms with Gasteiger partial charge < -0.3 is 20.2 Å². The summed E-state index contributed by atoms with van der Waals surface area (Å²) in [5.41, 5.74) is 0. The molecule has 0 spiro atoms. The second-order valence-electron chi connectivity index (χ2n) is 5.49. The molecule has 1 fully saturated rings. The van der Waals surface area contributed by atoms with Gasteiger partial charge in [0.15, 0.2) is 0 Å². The average Bonchev–Trinajstić information content (AvgIpc) is 2.45. The number of nitrogens with zero attached hydrogens (tertiary/aromatic N) is 2. The van der Waals surface area contributed by atoms with E-state index in [9.17, 15) is 9.59 Å². The van der Waals surface area contributed by atoms with Gasteiger partial charge >= 0.3 is 5.97 Å². The molecule has 0 aliphatic carbocycles. The van der Waals surface area contributed by atoms with Crippen LogP contribution < -0.4 is 5.32 Å². The Kier molecular flexibility index (Phi) is 8.72. The van der Waals surface area contributed by atoms with Gasteiger partial charge in [-0.1, -0.05) is 0 Å². The van der Waals surface area contributed by atoms with Crippen LogP contribution in [0, 0.1) is 0 Å². The van der Waals surface area contributed by atoms with Gasteiger partial charge in [-0.05, 0) is 38.4 Å². The average molecular weight is 317 g/mol. The summed E-state index contributed by atoms with van der Waals surface area (Å²) in [5.74, 6) is -0.368. The van der Waals surface area contributed by atoms with Crippen molar-refractivity contribution < 1.29 is 14.7 Å². The summed E-state index contributed by atoms with van der Waals surface area (Å²) < 4.78 is 0. The van der Waals surface area contributed by atoms with Crippen molar-refractivity contribution in [3.8, 4) is 0 Å². The molecule has 1 atom stereocenters. The van der Waals surface area contributed by atoms with Crippen molar-refractivity contribution in [2.75, 3.05) is 51.8 Å². The molecule has 0 radical (unpaired) electrons. The molecule has 6 nitrogen and oxygen atoms in total. The standard InChI is InChI=1S/C14H27N3O3S/c1-16-7-9-17(10-8-16)6-3-4-13(18)15-12(14(19)20)5-11-21-2/h12H,3-11H2,1-2H3,(H,15,18)(H,19,20). The number of carboxylic acid groups (broad SMARTS) is 1. The summed E-state index contributed by atoms with van der Waals surface area (Å²) in [6, 6.07) is -0.756. The topological polar surface area (TPSA) is 72.9 Å². The molecule has 0 bridgehead atoms. The number of likely N-dealkylation sites (N-methyl/N-ethyl adjacent to an activating group) is 1. The molecule has 1 heterocycles. The van der Waals surface area contributed by atoms with E-state index in [1.807, 2.05) is 6.26 Å². The van der Waals surface area contributed by atoms with Crippen LogP contribution in [0.5, 0.6) is 0 Å². The third-order valence-electron chi connectivity index (χ3n) is 3.72. The smallest absolute Gasteiger partial charge is 0.326 e. The predicted molar refractivity (Wildman–Crippen MR) is 85.7 cm³/mol. The van der Waals surface area contributed by atoms with Gasteiger partial charge in [0.25, 0.3) is 0 Å². The summed E-state index contributed by atoms with van der Waals surface area (Å²) >= 11 is 1.59. The molecule has 1 aliphatic heterocycles. The van der Waals surface area contributed by atoms with Crippen molar-refractivity contribution in [3.63, 3.8) is 0 Å². The maximum atomic E-state index is 11.8. The third kappa shape index (κ3) is 7.68. The molecule has 1 saturated heterocycles. The van der Waals surface area contributed by atoms with Crippen LogP contribution in [-0.4, -0.2) is 84.6 Å². The Labute approximate surface area is 131 Å². The summed E-state index contributed by atoms with van der Waals surface area (Å²) in [5, 5.41) is 11.7. The largest absolute Gasteiger partial charge is 0.480 e. The van der Waals surface area contributed by atoms with Gasteiger partial charge in [0.05, 0.1) is 0 Å². The zero-order valence-corrected chi connectivity index (χ0v) is 13.8. The maximum Gasteiger partial charge on any atom is 0.326 e. The molecule has 1 amide bonds. The van der Waals surface area contributed by atoms with Crippen molar-refractivity contribution >= 4 is 23.6 Å². The van der Waals surface area contributed by atoms with Gasteiger partial charge in [-0.25, -0.2) is 4.79 Å². The van der Waals surface area contributed by atoms with Crippen molar-refractivity contribution in [3.05, 3.63) is 0 Å². The van der Waals surface area contributed by atoms with E-state index in [4.69, 9.17) is 5.11 Å². The minimum atomic E-state index is -0.948. The van der Waals surface area contributed by atoms with Gasteiger partial charge in [0.2, 0.25) is 5.91 Å². The molecule has 0 saturated carbocycles. The number of nitrogens with one attached hydrogen (secondary N) is 1. The minimum absolute atomic E-state index is 0.155. The number of piperazine rings is 1. The van der Waals surface area contributed by atoms with Gasteiger partial charge in [0, 0.05) is 32.6 Å². The fourth-order valence-corrected chi connectivity index (χ4v) is 2.77. The van der Waals surface area contributed by atoms with E-state index in [0.717, 1.165) is 44.9 Å². The first-order chi connectivity index (χ1) is 10.0. The van der Waals surface area contributed by atoms with Crippen LogP contribution in [0.25, 0.3) is 0 Å². The second kappa shape index (κ2) is 10.0. The van der Waals surface area contributed by atoms with Gasteiger partial charge in [0.1, 0.15) is 6.04 Å². The molecule has 0 aromatic carbocycles. The van der Waals surface area contributed by atoms with E-state index in [0.29, 0.717) is 12.8 Å². The molecular weight excluding hydrogens is 290 g/mol. The van der Waals surface area contributed by atoms with E-state index >= 15 is 0 Å². The van der Waals surface area contributed by atoms with Crippen LogP contribution in [0.4, 0.5) is 0 Å². The number of rotatable bonds is 9. The fourth-order valence-electron chi connectivity index (χ4n) is 2.29. The number of aliphatic carboxylic acids is 1. The SMILES string of the molecule is CSCCC(NC(=O)CCCN1CCN(C)CC1)C(=O)O. The molecule has 2 N–H and O–H groups in total.